The second kappa shape index (κ2) is 9.71. The number of hydrogen-bond donors (Lipinski definition) is 2. The van der Waals surface area contributed by atoms with Crippen molar-refractivity contribution in [2.45, 2.75) is 104 Å². The van der Waals surface area contributed by atoms with Gasteiger partial charge in [0.15, 0.2) is 0 Å². The molecular weight excluding hydrogens is 372 g/mol. The fraction of sp³-hybridized carbons (Fsp3) is 0.778. The summed E-state index contributed by atoms with van der Waals surface area (Å²) in [6, 6.07) is 0. The number of rotatable bonds is 7. The highest BCUT2D eigenvalue weighted by Crippen LogP contribution is 2.60. The molecule has 0 bridgehead atoms. The highest BCUT2D eigenvalue weighted by molar-refractivity contribution is 5.37. The molecule has 30 heavy (non-hydrogen) atoms. The first-order valence-electron chi connectivity index (χ1n) is 12.3. The number of aliphatic hydroxyl groups is 1. The molecule has 0 amide bonds. The first-order chi connectivity index (χ1) is 14.2. The Bertz CT molecular complexity index is 676. The Morgan fingerprint density at radius 1 is 1.13 bits per heavy atom. The van der Waals surface area contributed by atoms with Crippen LogP contribution in [0.1, 0.15) is 98.3 Å². The van der Waals surface area contributed by atoms with Crippen LogP contribution in [0.25, 0.3) is 0 Å². The van der Waals surface area contributed by atoms with Crippen molar-refractivity contribution in [1.82, 2.24) is 0 Å². The van der Waals surface area contributed by atoms with E-state index in [4.69, 9.17) is 5.26 Å². The normalized spacial score (nSPS) is 38.4. The summed E-state index contributed by atoms with van der Waals surface area (Å²) in [5.74, 6) is 1.68. The second-order valence-corrected chi connectivity index (χ2v) is 11.1. The van der Waals surface area contributed by atoms with E-state index in [0.717, 1.165) is 28.9 Å². The zero-order valence-corrected chi connectivity index (χ0v) is 19.8. The average molecular weight is 417 g/mol. The maximum Gasteiger partial charge on any atom is 0.203 e. The molecule has 3 fully saturated rings. The van der Waals surface area contributed by atoms with Crippen LogP contribution in [0.3, 0.4) is 0 Å². The summed E-state index contributed by atoms with van der Waals surface area (Å²) < 4.78 is 0. The van der Waals surface area contributed by atoms with E-state index in [1.165, 1.54) is 51.4 Å². The van der Waals surface area contributed by atoms with Crippen LogP contribution >= 0.6 is 0 Å². The molecule has 5 atom stereocenters. The highest BCUT2D eigenvalue weighted by atomic mass is 17.1. The van der Waals surface area contributed by atoms with Gasteiger partial charge in [-0.05, 0) is 73.2 Å². The van der Waals surface area contributed by atoms with Gasteiger partial charge in [-0.3, -0.25) is 0 Å². The van der Waals surface area contributed by atoms with Gasteiger partial charge in [-0.1, -0.05) is 76.8 Å². The Morgan fingerprint density at radius 3 is 2.60 bits per heavy atom. The Kier molecular flexibility index (Phi) is 7.69. The molecule has 0 aromatic rings. The van der Waals surface area contributed by atoms with Gasteiger partial charge in [0.2, 0.25) is 5.79 Å². The summed E-state index contributed by atoms with van der Waals surface area (Å²) in [6.07, 6.45) is 16.4. The third kappa shape index (κ3) is 5.11. The topological polar surface area (TPSA) is 49.7 Å². The minimum atomic E-state index is -1.46. The molecule has 3 saturated carbocycles. The van der Waals surface area contributed by atoms with Crippen LogP contribution in [0, 0.1) is 29.1 Å². The van der Waals surface area contributed by atoms with Gasteiger partial charge in [0.1, 0.15) is 0 Å². The monoisotopic (exact) mass is 416 g/mol. The molecule has 3 rings (SSSR count). The Morgan fingerprint density at radius 2 is 1.90 bits per heavy atom. The molecule has 3 aliphatic rings. The van der Waals surface area contributed by atoms with E-state index >= 15 is 0 Å². The van der Waals surface area contributed by atoms with Gasteiger partial charge in [0, 0.05) is 12.8 Å². The fourth-order valence-electron chi connectivity index (χ4n) is 6.74. The third-order valence-corrected chi connectivity index (χ3v) is 8.57. The molecule has 0 aromatic heterocycles. The van der Waals surface area contributed by atoms with Crippen LogP contribution in [0.15, 0.2) is 35.5 Å². The molecule has 0 aromatic carbocycles. The maximum atomic E-state index is 10.3. The van der Waals surface area contributed by atoms with Crippen molar-refractivity contribution in [1.29, 1.82) is 0 Å². The van der Waals surface area contributed by atoms with Gasteiger partial charge in [-0.15, -0.1) is 0 Å². The minimum Gasteiger partial charge on any atom is -0.363 e. The zero-order chi connectivity index (χ0) is 21.9. The summed E-state index contributed by atoms with van der Waals surface area (Å²) in [5.41, 5.74) is 4.07. The van der Waals surface area contributed by atoms with E-state index in [9.17, 15) is 5.11 Å². The predicted molar refractivity (Wildman–Crippen MR) is 124 cm³/mol. The minimum absolute atomic E-state index is 0.309. The van der Waals surface area contributed by atoms with Gasteiger partial charge in [-0.2, -0.15) is 0 Å². The van der Waals surface area contributed by atoms with Crippen LogP contribution in [-0.2, 0) is 4.89 Å². The van der Waals surface area contributed by atoms with Gasteiger partial charge < -0.3 is 5.11 Å². The van der Waals surface area contributed by atoms with E-state index in [0.29, 0.717) is 30.6 Å². The average Bonchev–Trinajstić information content (AvgIpc) is 3.06. The predicted octanol–water partition coefficient (Wildman–Crippen LogP) is 7.44. The lowest BCUT2D eigenvalue weighted by Crippen LogP contribution is -2.36. The molecular formula is C27H44O3. The van der Waals surface area contributed by atoms with E-state index in [-0.39, 0.29) is 0 Å². The SMILES string of the molecule is C=C1CC[C@](O)(OO)CC1=CC=C1CCC[C@]2(C)[C@@H]([C@H](C)CCCC(C)C)CC[C@@H]12. The molecule has 0 heterocycles. The lowest BCUT2D eigenvalue weighted by atomic mass is 9.60. The van der Waals surface area contributed by atoms with Crippen LogP contribution in [0.2, 0.25) is 0 Å². The standard InChI is InChI=1S/C27H44O3/c1-19(2)8-6-9-21(4)24-13-14-25-22(10-7-16-26(24,25)5)11-12-23-18-27(28,30-29)17-15-20(23)3/h11-12,19,21,24-25,28-29H,3,6-10,13-18H2,1-2,4-5H3/t21-,24-,25+,26-,27+/m1/s1. The molecule has 0 spiro atoms. The summed E-state index contributed by atoms with van der Waals surface area (Å²) in [5, 5.41) is 19.4. The van der Waals surface area contributed by atoms with Crippen molar-refractivity contribution in [3.63, 3.8) is 0 Å². The van der Waals surface area contributed by atoms with E-state index < -0.39 is 5.79 Å². The Hall–Kier alpha value is -0.900. The quantitative estimate of drug-likeness (QED) is 0.258. The van der Waals surface area contributed by atoms with Crippen molar-refractivity contribution in [3.05, 3.63) is 35.5 Å². The molecule has 0 radical (unpaired) electrons. The molecule has 3 aliphatic carbocycles. The van der Waals surface area contributed by atoms with Gasteiger partial charge in [0.05, 0.1) is 0 Å². The van der Waals surface area contributed by atoms with Crippen LogP contribution in [0.5, 0.6) is 0 Å². The first kappa shape index (κ1) is 23.8. The molecule has 0 saturated heterocycles. The molecule has 3 heteroatoms. The van der Waals surface area contributed by atoms with Gasteiger partial charge in [0.25, 0.3) is 0 Å². The molecule has 2 N–H and O–H groups in total. The number of allylic oxidation sites excluding steroid dienone is 4. The lowest BCUT2D eigenvalue weighted by Gasteiger charge is -2.44. The van der Waals surface area contributed by atoms with Gasteiger partial charge >= 0.3 is 0 Å². The summed E-state index contributed by atoms with van der Waals surface area (Å²) >= 11 is 0. The van der Waals surface area contributed by atoms with E-state index in [1.54, 1.807) is 5.57 Å². The van der Waals surface area contributed by atoms with Crippen LogP contribution in [-0.4, -0.2) is 16.2 Å². The molecule has 3 nitrogen and oxygen atoms in total. The Balaban J connectivity index is 1.72. The summed E-state index contributed by atoms with van der Waals surface area (Å²) in [6.45, 7) is 13.9. The van der Waals surface area contributed by atoms with Crippen molar-refractivity contribution in [3.8, 4) is 0 Å². The fourth-order valence-corrected chi connectivity index (χ4v) is 6.74. The molecule has 0 unspecified atom stereocenters. The van der Waals surface area contributed by atoms with E-state index in [2.05, 4.69) is 51.3 Å². The molecule has 0 aliphatic heterocycles. The van der Waals surface area contributed by atoms with Crippen molar-refractivity contribution in [2.75, 3.05) is 0 Å². The van der Waals surface area contributed by atoms with E-state index in [1.807, 2.05) is 0 Å². The lowest BCUT2D eigenvalue weighted by molar-refractivity contribution is -0.394. The first-order valence-corrected chi connectivity index (χ1v) is 12.3. The van der Waals surface area contributed by atoms with Gasteiger partial charge in [-0.25, -0.2) is 10.1 Å². The third-order valence-electron chi connectivity index (χ3n) is 8.57. The zero-order valence-electron chi connectivity index (χ0n) is 19.8. The van der Waals surface area contributed by atoms with Crippen molar-refractivity contribution < 1.29 is 15.3 Å². The highest BCUT2D eigenvalue weighted by Gasteiger charge is 2.50. The van der Waals surface area contributed by atoms with Crippen LogP contribution < -0.4 is 0 Å². The Labute approximate surface area is 184 Å². The maximum absolute atomic E-state index is 10.3. The smallest absolute Gasteiger partial charge is 0.203 e. The van der Waals surface area contributed by atoms with Crippen molar-refractivity contribution >= 4 is 0 Å². The number of fused-ring (bicyclic) bond motifs is 1. The van der Waals surface area contributed by atoms with Crippen molar-refractivity contribution in [2.24, 2.45) is 29.1 Å². The summed E-state index contributed by atoms with van der Waals surface area (Å²) in [4.78, 5) is 4.37. The largest absolute Gasteiger partial charge is 0.363 e. The number of hydrogen-bond acceptors (Lipinski definition) is 3. The van der Waals surface area contributed by atoms with Crippen LogP contribution in [0.4, 0.5) is 0 Å². The summed E-state index contributed by atoms with van der Waals surface area (Å²) in [7, 11) is 0. The molecule has 170 valence electrons. The second-order valence-electron chi connectivity index (χ2n) is 11.1.